The van der Waals surface area contributed by atoms with Gasteiger partial charge in [-0.05, 0) is 66.6 Å². The number of pyridine rings is 1. The lowest BCUT2D eigenvalue weighted by Crippen LogP contribution is -2.37. The van der Waals surface area contributed by atoms with Crippen LogP contribution >= 0.6 is 23.4 Å². The number of morpholine rings is 1. The zero-order chi connectivity index (χ0) is 33.3. The summed E-state index contributed by atoms with van der Waals surface area (Å²) >= 11 is 7.42. The Morgan fingerprint density at radius 3 is 2.57 bits per heavy atom. The number of rotatable bonds is 6. The highest BCUT2D eigenvalue weighted by molar-refractivity contribution is 8.18. The molecule has 0 radical (unpaired) electrons. The molecule has 1 saturated carbocycles. The van der Waals surface area contributed by atoms with Crippen molar-refractivity contribution in [3.8, 4) is 0 Å². The summed E-state index contributed by atoms with van der Waals surface area (Å²) < 4.78 is 48.1. The van der Waals surface area contributed by atoms with Crippen molar-refractivity contribution in [1.82, 2.24) is 4.98 Å². The van der Waals surface area contributed by atoms with E-state index in [9.17, 15) is 32.3 Å². The second kappa shape index (κ2) is 13.3. The molecule has 2 amide bonds. The Kier molecular flexibility index (Phi) is 9.21. The van der Waals surface area contributed by atoms with Crippen LogP contribution in [0, 0.1) is 5.92 Å². The van der Waals surface area contributed by atoms with Crippen molar-refractivity contribution in [3.05, 3.63) is 63.6 Å². The van der Waals surface area contributed by atoms with E-state index in [4.69, 9.17) is 16.3 Å². The molecule has 1 saturated heterocycles. The third kappa shape index (κ3) is 7.26. The smallest absolute Gasteiger partial charge is 0.383 e. The molecule has 2 fully saturated rings. The van der Waals surface area contributed by atoms with Crippen molar-refractivity contribution >= 4 is 86.3 Å². The molecule has 2 N–H and O–H groups in total. The van der Waals surface area contributed by atoms with E-state index in [1.54, 1.807) is 47.4 Å². The zero-order valence-corrected chi connectivity index (χ0v) is 25.9. The van der Waals surface area contributed by atoms with Crippen molar-refractivity contribution < 1.29 is 41.8 Å². The summed E-state index contributed by atoms with van der Waals surface area (Å²) in [6.07, 6.45) is 0.0172. The number of fused-ring (bicyclic) bond motifs is 1. The summed E-state index contributed by atoms with van der Waals surface area (Å²) in [5.41, 5.74) is 1.81. The van der Waals surface area contributed by atoms with Crippen LogP contribution in [0.5, 0.6) is 0 Å². The summed E-state index contributed by atoms with van der Waals surface area (Å²) in [4.78, 5) is 59.8. The number of benzene rings is 2. The van der Waals surface area contributed by atoms with Gasteiger partial charge in [-0.3, -0.25) is 14.6 Å². The molecule has 244 valence electrons. The van der Waals surface area contributed by atoms with Crippen molar-refractivity contribution in [2.24, 2.45) is 10.9 Å². The van der Waals surface area contributed by atoms with Crippen LogP contribution in [0.15, 0.2) is 52.5 Å². The number of halogens is 4. The number of thioether (sulfide) groups is 1. The van der Waals surface area contributed by atoms with Gasteiger partial charge >= 0.3 is 18.1 Å². The quantitative estimate of drug-likeness (QED) is 0.186. The van der Waals surface area contributed by atoms with E-state index in [0.29, 0.717) is 59.2 Å². The van der Waals surface area contributed by atoms with Crippen molar-refractivity contribution in [2.75, 3.05) is 41.8 Å². The predicted octanol–water partition coefficient (Wildman–Crippen LogP) is 5.79. The van der Waals surface area contributed by atoms with Crippen LogP contribution in [0.4, 0.5) is 30.2 Å². The summed E-state index contributed by atoms with van der Waals surface area (Å²) in [7, 11) is 0. The molecule has 11 nitrogen and oxygen atoms in total. The molecule has 16 heteroatoms. The van der Waals surface area contributed by atoms with Crippen LogP contribution < -0.4 is 15.5 Å². The molecular weight excluding hydrogens is 663 g/mol. The number of carbonyl (C=O) groups excluding carboxylic acids is 4. The number of alkyl halides is 3. The maximum Gasteiger partial charge on any atom is 0.491 e. The van der Waals surface area contributed by atoms with Gasteiger partial charge in [0.1, 0.15) is 5.56 Å². The van der Waals surface area contributed by atoms with E-state index in [1.807, 2.05) is 0 Å². The van der Waals surface area contributed by atoms with E-state index >= 15 is 0 Å². The van der Waals surface area contributed by atoms with E-state index in [2.05, 4.69) is 25.3 Å². The van der Waals surface area contributed by atoms with Crippen molar-refractivity contribution in [3.63, 3.8) is 0 Å². The predicted molar refractivity (Wildman–Crippen MR) is 170 cm³/mol. The minimum Gasteiger partial charge on any atom is -0.383 e. The van der Waals surface area contributed by atoms with E-state index in [-0.39, 0.29) is 33.1 Å². The Bertz CT molecular complexity index is 1860. The van der Waals surface area contributed by atoms with Crippen LogP contribution in [0.1, 0.15) is 35.2 Å². The SMILES string of the molecule is O=C1N=C(Nc2cc(NC(=O)C3CCC3)ccc2Cl)SC1=Cc1ccc2ncc(C(=O)OC(=O)C(F)(F)F)c(N3CCOCC3)c2c1. The molecular formula is C31H25ClF3N5O6S. The molecule has 3 aromatic rings. The molecule has 0 unspecified atom stereocenters. The minimum atomic E-state index is -5.36. The summed E-state index contributed by atoms with van der Waals surface area (Å²) in [6.45, 7) is 1.20. The van der Waals surface area contributed by atoms with Crippen LogP contribution in [0.2, 0.25) is 5.02 Å². The van der Waals surface area contributed by atoms with Gasteiger partial charge in [0.05, 0.1) is 40.0 Å². The number of esters is 2. The maximum absolute atomic E-state index is 12.9. The average Bonchev–Trinajstić information content (AvgIpc) is 3.34. The van der Waals surface area contributed by atoms with Gasteiger partial charge in [0.25, 0.3) is 5.91 Å². The number of nitrogens with one attached hydrogen (secondary N) is 2. The summed E-state index contributed by atoms with van der Waals surface area (Å²) in [6, 6.07) is 9.91. The monoisotopic (exact) mass is 687 g/mol. The number of hydrogen-bond acceptors (Lipinski definition) is 10. The molecule has 0 atom stereocenters. The van der Waals surface area contributed by atoms with Gasteiger partial charge in [0.15, 0.2) is 5.17 Å². The van der Waals surface area contributed by atoms with Crippen molar-refractivity contribution in [1.29, 1.82) is 0 Å². The lowest BCUT2D eigenvalue weighted by atomic mass is 9.85. The summed E-state index contributed by atoms with van der Waals surface area (Å²) in [5.74, 6) is -4.72. The van der Waals surface area contributed by atoms with E-state index in [1.165, 1.54) is 0 Å². The second-order valence-electron chi connectivity index (χ2n) is 10.8. The second-order valence-corrected chi connectivity index (χ2v) is 12.3. The fraction of sp³-hybridized carbons (Fsp3) is 0.290. The van der Waals surface area contributed by atoms with Crippen LogP contribution in [-0.4, -0.2) is 66.4 Å². The molecule has 2 aliphatic heterocycles. The standard InChI is InChI=1S/C31H25ClF3N5O6S/c32-21-6-5-18(37-26(41)17-2-1-3-17)14-23(21)38-30-39-27(42)24(47-30)13-16-4-7-22-19(12-16)25(40-8-10-45-11-9-40)20(15-36-22)28(43)46-29(44)31(33,34)35/h4-7,12-15,17H,1-3,8-11H2,(H,37,41)(H,38,39,42). The molecule has 0 bridgehead atoms. The van der Waals surface area contributed by atoms with Gasteiger partial charge in [0.2, 0.25) is 5.91 Å². The molecule has 2 aromatic carbocycles. The Morgan fingerprint density at radius 2 is 1.87 bits per heavy atom. The molecule has 0 spiro atoms. The molecule has 1 aliphatic carbocycles. The van der Waals surface area contributed by atoms with Gasteiger partial charge < -0.3 is 25.0 Å². The van der Waals surface area contributed by atoms with Crippen molar-refractivity contribution in [2.45, 2.75) is 25.4 Å². The molecule has 6 rings (SSSR count). The first-order valence-electron chi connectivity index (χ1n) is 14.4. The normalized spacial score (nSPS) is 17.8. The summed E-state index contributed by atoms with van der Waals surface area (Å²) in [5, 5.41) is 6.91. The fourth-order valence-corrected chi connectivity index (χ4v) is 6.09. The van der Waals surface area contributed by atoms with Gasteiger partial charge in [-0.2, -0.15) is 18.2 Å². The Labute approximate surface area is 274 Å². The number of amidine groups is 1. The zero-order valence-electron chi connectivity index (χ0n) is 24.4. The number of anilines is 3. The molecule has 3 heterocycles. The van der Waals surface area contributed by atoms with Gasteiger partial charge in [-0.25, -0.2) is 9.59 Å². The number of aliphatic imine (C=N–C) groups is 1. The molecule has 47 heavy (non-hydrogen) atoms. The van der Waals surface area contributed by atoms with E-state index in [0.717, 1.165) is 37.2 Å². The first-order chi connectivity index (χ1) is 22.5. The van der Waals surface area contributed by atoms with Crippen LogP contribution in [0.25, 0.3) is 17.0 Å². The first-order valence-corrected chi connectivity index (χ1v) is 15.6. The number of ether oxygens (including phenoxy) is 2. The third-order valence-corrected chi connectivity index (χ3v) is 8.93. The highest BCUT2D eigenvalue weighted by Crippen LogP contribution is 2.36. The number of carbonyl (C=O) groups is 4. The Balaban J connectivity index is 1.25. The third-order valence-electron chi connectivity index (χ3n) is 7.70. The molecule has 1 aromatic heterocycles. The topological polar surface area (TPSA) is 139 Å². The average molecular weight is 688 g/mol. The van der Waals surface area contributed by atoms with Crippen LogP contribution in [0.3, 0.4) is 0 Å². The number of aromatic nitrogens is 1. The molecule has 3 aliphatic rings. The fourth-order valence-electron chi connectivity index (χ4n) is 5.10. The lowest BCUT2D eigenvalue weighted by Gasteiger charge is -2.31. The lowest BCUT2D eigenvalue weighted by molar-refractivity contribution is -0.193. The maximum atomic E-state index is 12.9. The van der Waals surface area contributed by atoms with Crippen LogP contribution in [-0.2, 0) is 23.9 Å². The number of hydrogen-bond donors (Lipinski definition) is 2. The highest BCUT2D eigenvalue weighted by Gasteiger charge is 2.43. The number of nitrogens with zero attached hydrogens (tertiary/aromatic N) is 3. The van der Waals surface area contributed by atoms with Gasteiger partial charge in [0, 0.05) is 36.3 Å². The highest BCUT2D eigenvalue weighted by atomic mass is 35.5. The number of amides is 2. The minimum absolute atomic E-state index is 0.00278. The Morgan fingerprint density at radius 1 is 1.11 bits per heavy atom. The Hall–Kier alpha value is -4.47. The largest absolute Gasteiger partial charge is 0.491 e. The van der Waals surface area contributed by atoms with E-state index < -0.39 is 24.0 Å². The van der Waals surface area contributed by atoms with Gasteiger partial charge in [-0.1, -0.05) is 24.1 Å². The first kappa shape index (κ1) is 32.5. The van der Waals surface area contributed by atoms with Gasteiger partial charge in [-0.15, -0.1) is 0 Å².